The minimum Gasteiger partial charge on any atom is -0.458 e. The lowest BCUT2D eigenvalue weighted by molar-refractivity contribution is 0.00860. The second-order valence-electron chi connectivity index (χ2n) is 3.62. The van der Waals surface area contributed by atoms with Gasteiger partial charge in [0.05, 0.1) is 18.0 Å². The number of rotatable bonds is 5. The number of aliphatic hydroxyl groups excluding tert-OH is 2. The Balaban J connectivity index is 2.78. The highest BCUT2D eigenvalue weighted by Gasteiger charge is 2.21. The molecule has 1 heterocycles. The lowest BCUT2D eigenvalue weighted by atomic mass is 10.2. The third-order valence-corrected chi connectivity index (χ3v) is 2.31. The summed E-state index contributed by atoms with van der Waals surface area (Å²) < 4.78 is 6.16. The average Bonchev–Trinajstić information content (AvgIpc) is 2.60. The van der Waals surface area contributed by atoms with Crippen LogP contribution in [0.5, 0.6) is 0 Å². The first-order chi connectivity index (χ1) is 8.01. The molecule has 0 aromatic carbocycles. The number of anilines is 1. The minimum atomic E-state index is -1.08. The predicted octanol–water partition coefficient (Wildman–Crippen LogP) is -0.925. The number of aryl methyl sites for hydroxylation is 2. The predicted molar refractivity (Wildman–Crippen MR) is 60.4 cm³/mol. The van der Waals surface area contributed by atoms with Crippen molar-refractivity contribution < 1.29 is 19.7 Å². The standard InChI is InChI=1S/C10H17N3O4/c1-3-7-8(11)9(13(2)12-7)10(16)17-5-6(15)4-14/h6,14-15H,3-5,11H2,1-2H3. The highest BCUT2D eigenvalue weighted by Crippen LogP contribution is 2.17. The summed E-state index contributed by atoms with van der Waals surface area (Å²) in [6.45, 7) is 1.14. The van der Waals surface area contributed by atoms with Gasteiger partial charge in [0.1, 0.15) is 12.7 Å². The summed E-state index contributed by atoms with van der Waals surface area (Å²) in [6, 6.07) is 0. The molecule has 1 rings (SSSR count). The first-order valence-corrected chi connectivity index (χ1v) is 5.28. The highest BCUT2D eigenvalue weighted by atomic mass is 16.5. The first kappa shape index (κ1) is 13.5. The van der Waals surface area contributed by atoms with Crippen molar-refractivity contribution in [3.05, 3.63) is 11.4 Å². The van der Waals surface area contributed by atoms with E-state index in [1.807, 2.05) is 6.92 Å². The third kappa shape index (κ3) is 2.95. The van der Waals surface area contributed by atoms with Crippen molar-refractivity contribution >= 4 is 11.7 Å². The van der Waals surface area contributed by atoms with Gasteiger partial charge in [0, 0.05) is 7.05 Å². The van der Waals surface area contributed by atoms with Gasteiger partial charge in [0.25, 0.3) is 0 Å². The number of carbonyl (C=O) groups is 1. The lowest BCUT2D eigenvalue weighted by Crippen LogP contribution is -2.23. The summed E-state index contributed by atoms with van der Waals surface area (Å²) in [5.41, 5.74) is 6.83. The van der Waals surface area contributed by atoms with E-state index in [1.54, 1.807) is 7.05 Å². The van der Waals surface area contributed by atoms with Crippen LogP contribution in [0.4, 0.5) is 5.69 Å². The van der Waals surface area contributed by atoms with Crippen molar-refractivity contribution in [2.75, 3.05) is 18.9 Å². The third-order valence-electron chi connectivity index (χ3n) is 2.31. The summed E-state index contributed by atoms with van der Waals surface area (Å²) >= 11 is 0. The molecule has 0 saturated carbocycles. The SMILES string of the molecule is CCc1nn(C)c(C(=O)OCC(O)CO)c1N. The number of aliphatic hydroxyl groups is 2. The maximum Gasteiger partial charge on any atom is 0.358 e. The zero-order valence-electron chi connectivity index (χ0n) is 9.88. The maximum absolute atomic E-state index is 11.7. The van der Waals surface area contributed by atoms with E-state index in [4.69, 9.17) is 20.7 Å². The number of nitrogen functional groups attached to an aromatic ring is 1. The van der Waals surface area contributed by atoms with Crippen LogP contribution < -0.4 is 5.73 Å². The molecule has 0 aliphatic carbocycles. The van der Waals surface area contributed by atoms with Gasteiger partial charge >= 0.3 is 5.97 Å². The second kappa shape index (κ2) is 5.65. The molecule has 1 aromatic heterocycles. The molecule has 0 aliphatic heterocycles. The van der Waals surface area contributed by atoms with Crippen LogP contribution in [0, 0.1) is 0 Å². The van der Waals surface area contributed by atoms with Gasteiger partial charge in [-0.25, -0.2) is 4.79 Å². The Labute approximate surface area is 98.8 Å². The second-order valence-corrected chi connectivity index (χ2v) is 3.62. The number of carbonyl (C=O) groups excluding carboxylic acids is 1. The molecule has 0 bridgehead atoms. The van der Waals surface area contributed by atoms with Crippen LogP contribution in [0.15, 0.2) is 0 Å². The number of hydrogen-bond acceptors (Lipinski definition) is 6. The molecular weight excluding hydrogens is 226 g/mol. The molecule has 96 valence electrons. The molecule has 0 saturated heterocycles. The van der Waals surface area contributed by atoms with E-state index < -0.39 is 18.7 Å². The molecule has 1 atom stereocenters. The van der Waals surface area contributed by atoms with E-state index in [1.165, 1.54) is 4.68 Å². The van der Waals surface area contributed by atoms with Gasteiger partial charge < -0.3 is 20.7 Å². The topological polar surface area (TPSA) is 111 Å². The zero-order chi connectivity index (χ0) is 13.0. The van der Waals surface area contributed by atoms with Gasteiger partial charge in [-0.1, -0.05) is 6.92 Å². The molecule has 4 N–H and O–H groups in total. The smallest absolute Gasteiger partial charge is 0.358 e. The average molecular weight is 243 g/mol. The first-order valence-electron chi connectivity index (χ1n) is 5.28. The minimum absolute atomic E-state index is 0.159. The van der Waals surface area contributed by atoms with Gasteiger partial charge in [-0.15, -0.1) is 0 Å². The van der Waals surface area contributed by atoms with Crippen LogP contribution in [0.1, 0.15) is 23.1 Å². The Morgan fingerprint density at radius 1 is 1.65 bits per heavy atom. The molecule has 0 spiro atoms. The zero-order valence-corrected chi connectivity index (χ0v) is 9.88. The Morgan fingerprint density at radius 3 is 2.76 bits per heavy atom. The van der Waals surface area contributed by atoms with E-state index in [-0.39, 0.29) is 12.3 Å². The van der Waals surface area contributed by atoms with Crippen molar-refractivity contribution in [3.8, 4) is 0 Å². The molecule has 0 fully saturated rings. The summed E-state index contributed by atoms with van der Waals surface area (Å²) in [7, 11) is 1.59. The van der Waals surface area contributed by atoms with Gasteiger partial charge in [0.15, 0.2) is 5.69 Å². The molecule has 0 radical (unpaired) electrons. The quantitative estimate of drug-likeness (QED) is 0.576. The summed E-state index contributed by atoms with van der Waals surface area (Å²) in [4.78, 5) is 11.7. The van der Waals surface area contributed by atoms with Crippen LogP contribution in [-0.2, 0) is 18.2 Å². The van der Waals surface area contributed by atoms with Crippen molar-refractivity contribution in [1.29, 1.82) is 0 Å². The fourth-order valence-corrected chi connectivity index (χ4v) is 1.39. The Bertz CT molecular complexity index is 403. The fraction of sp³-hybridized carbons (Fsp3) is 0.600. The van der Waals surface area contributed by atoms with Crippen LogP contribution in [0.2, 0.25) is 0 Å². The summed E-state index contributed by atoms with van der Waals surface area (Å²) in [5, 5.41) is 21.7. The molecule has 1 unspecified atom stereocenters. The lowest BCUT2D eigenvalue weighted by Gasteiger charge is -2.08. The number of ether oxygens (including phenoxy) is 1. The molecule has 0 amide bonds. The van der Waals surface area contributed by atoms with E-state index in [9.17, 15) is 4.79 Å². The molecule has 7 nitrogen and oxygen atoms in total. The molecule has 0 aliphatic rings. The molecular formula is C10H17N3O4. The molecule has 1 aromatic rings. The van der Waals surface area contributed by atoms with Crippen LogP contribution >= 0.6 is 0 Å². The fourth-order valence-electron chi connectivity index (χ4n) is 1.39. The van der Waals surface area contributed by atoms with Crippen LogP contribution in [0.3, 0.4) is 0 Å². The Kier molecular flexibility index (Phi) is 4.47. The maximum atomic E-state index is 11.7. The largest absolute Gasteiger partial charge is 0.458 e. The van der Waals surface area contributed by atoms with Crippen molar-refractivity contribution in [2.24, 2.45) is 7.05 Å². The van der Waals surface area contributed by atoms with Gasteiger partial charge in [-0.05, 0) is 6.42 Å². The monoisotopic (exact) mass is 243 g/mol. The Morgan fingerprint density at radius 2 is 2.29 bits per heavy atom. The molecule has 7 heteroatoms. The van der Waals surface area contributed by atoms with Crippen LogP contribution in [-0.4, -0.2) is 45.3 Å². The molecule has 17 heavy (non-hydrogen) atoms. The summed E-state index contributed by atoms with van der Waals surface area (Å²) in [5.74, 6) is -0.662. The van der Waals surface area contributed by atoms with E-state index >= 15 is 0 Å². The number of nitrogens with two attached hydrogens (primary N) is 1. The number of nitrogens with zero attached hydrogens (tertiary/aromatic N) is 2. The number of hydrogen-bond donors (Lipinski definition) is 3. The van der Waals surface area contributed by atoms with Crippen molar-refractivity contribution in [1.82, 2.24) is 9.78 Å². The highest BCUT2D eigenvalue weighted by molar-refractivity contribution is 5.93. The number of esters is 1. The number of aromatic nitrogens is 2. The van der Waals surface area contributed by atoms with E-state index in [0.29, 0.717) is 17.8 Å². The normalized spacial score (nSPS) is 12.5. The van der Waals surface area contributed by atoms with Gasteiger partial charge in [-0.2, -0.15) is 5.10 Å². The van der Waals surface area contributed by atoms with Gasteiger partial charge in [0.2, 0.25) is 0 Å². The summed E-state index contributed by atoms with van der Waals surface area (Å²) in [6.07, 6.45) is -0.467. The van der Waals surface area contributed by atoms with Crippen molar-refractivity contribution in [3.63, 3.8) is 0 Å². The van der Waals surface area contributed by atoms with Gasteiger partial charge in [-0.3, -0.25) is 4.68 Å². The van der Waals surface area contributed by atoms with Crippen LogP contribution in [0.25, 0.3) is 0 Å². The van der Waals surface area contributed by atoms with E-state index in [0.717, 1.165) is 0 Å². The van der Waals surface area contributed by atoms with Crippen molar-refractivity contribution in [2.45, 2.75) is 19.4 Å². The van der Waals surface area contributed by atoms with E-state index in [2.05, 4.69) is 5.10 Å². The Hall–Kier alpha value is -1.60.